The molecule has 2 aromatic rings. The Bertz CT molecular complexity index is 605. The van der Waals surface area contributed by atoms with E-state index in [0.29, 0.717) is 30.1 Å². The third-order valence-corrected chi connectivity index (χ3v) is 2.85. The van der Waals surface area contributed by atoms with Gasteiger partial charge in [-0.05, 0) is 38.1 Å². The van der Waals surface area contributed by atoms with Gasteiger partial charge < -0.3 is 20.2 Å². The molecule has 3 N–H and O–H groups in total. The highest BCUT2D eigenvalue weighted by Crippen LogP contribution is 2.24. The average molecular weight is 274 g/mol. The van der Waals surface area contributed by atoms with Crippen LogP contribution in [0.15, 0.2) is 34.7 Å². The predicted molar refractivity (Wildman–Crippen MR) is 77.6 cm³/mol. The Balaban J connectivity index is 2.12. The monoisotopic (exact) mass is 274 g/mol. The second kappa shape index (κ2) is 6.14. The number of para-hydroxylation sites is 1. The van der Waals surface area contributed by atoms with Crippen LogP contribution in [0.4, 0.5) is 11.4 Å². The molecule has 5 heteroatoms. The highest BCUT2D eigenvalue weighted by atomic mass is 16.5. The van der Waals surface area contributed by atoms with Gasteiger partial charge in [0, 0.05) is 0 Å². The van der Waals surface area contributed by atoms with Crippen molar-refractivity contribution < 1.29 is 13.9 Å². The third-order valence-electron chi connectivity index (χ3n) is 2.85. The zero-order valence-electron chi connectivity index (χ0n) is 11.6. The van der Waals surface area contributed by atoms with Crippen molar-refractivity contribution in [2.24, 2.45) is 0 Å². The minimum atomic E-state index is -0.414. The van der Waals surface area contributed by atoms with Crippen molar-refractivity contribution in [1.29, 1.82) is 0 Å². The van der Waals surface area contributed by atoms with Crippen molar-refractivity contribution in [3.8, 4) is 0 Å². The van der Waals surface area contributed by atoms with Crippen LogP contribution in [0.3, 0.4) is 0 Å². The van der Waals surface area contributed by atoms with E-state index in [1.165, 1.54) is 0 Å². The van der Waals surface area contributed by atoms with Crippen LogP contribution in [0, 0.1) is 6.92 Å². The van der Waals surface area contributed by atoms with Gasteiger partial charge >= 0.3 is 5.97 Å². The molecule has 0 bridgehead atoms. The van der Waals surface area contributed by atoms with Gasteiger partial charge in [-0.1, -0.05) is 6.07 Å². The van der Waals surface area contributed by atoms with Crippen LogP contribution < -0.4 is 11.1 Å². The Hall–Kier alpha value is -2.43. The summed E-state index contributed by atoms with van der Waals surface area (Å²) in [5.41, 5.74) is 7.43. The Morgan fingerprint density at radius 3 is 2.80 bits per heavy atom. The number of benzene rings is 1. The molecule has 0 saturated carbocycles. The molecule has 0 unspecified atom stereocenters. The van der Waals surface area contributed by atoms with Crippen LogP contribution in [-0.4, -0.2) is 12.6 Å². The van der Waals surface area contributed by atoms with E-state index in [2.05, 4.69) is 5.32 Å². The van der Waals surface area contributed by atoms with E-state index in [1.54, 1.807) is 19.1 Å². The number of aryl methyl sites for hydroxylation is 1. The van der Waals surface area contributed by atoms with Crippen molar-refractivity contribution in [2.45, 2.75) is 20.4 Å². The molecular weight excluding hydrogens is 256 g/mol. The lowest BCUT2D eigenvalue weighted by Gasteiger charge is -2.11. The number of rotatable bonds is 5. The zero-order chi connectivity index (χ0) is 14.5. The maximum Gasteiger partial charge on any atom is 0.340 e. The summed E-state index contributed by atoms with van der Waals surface area (Å²) in [5, 5.41) is 3.15. The molecule has 2 rings (SSSR count). The molecule has 0 amide bonds. The maximum absolute atomic E-state index is 11.7. The SMILES string of the molecule is CCOC(=O)c1cccc(NCc2ccc(C)o2)c1N. The summed E-state index contributed by atoms with van der Waals surface area (Å²) in [6.07, 6.45) is 0. The molecular formula is C15H18N2O3. The largest absolute Gasteiger partial charge is 0.465 e. The molecule has 1 aromatic carbocycles. The van der Waals surface area contributed by atoms with Gasteiger partial charge in [-0.15, -0.1) is 0 Å². The van der Waals surface area contributed by atoms with Gasteiger partial charge in [0.05, 0.1) is 30.1 Å². The van der Waals surface area contributed by atoms with Gasteiger partial charge in [-0.2, -0.15) is 0 Å². The fraction of sp³-hybridized carbons (Fsp3) is 0.267. The Morgan fingerprint density at radius 2 is 2.15 bits per heavy atom. The molecule has 1 heterocycles. The Morgan fingerprint density at radius 1 is 1.35 bits per heavy atom. The van der Waals surface area contributed by atoms with Crippen molar-refractivity contribution in [3.63, 3.8) is 0 Å². The first kappa shape index (κ1) is 14.0. The molecule has 0 saturated heterocycles. The van der Waals surface area contributed by atoms with Crippen LogP contribution in [0.25, 0.3) is 0 Å². The molecule has 0 atom stereocenters. The maximum atomic E-state index is 11.7. The van der Waals surface area contributed by atoms with E-state index >= 15 is 0 Å². The number of hydrogen-bond donors (Lipinski definition) is 2. The molecule has 106 valence electrons. The standard InChI is InChI=1S/C15H18N2O3/c1-3-19-15(18)12-5-4-6-13(14(12)16)17-9-11-8-7-10(2)20-11/h4-8,17H,3,9,16H2,1-2H3. The molecule has 1 aromatic heterocycles. The minimum absolute atomic E-state index is 0.321. The number of anilines is 2. The molecule has 0 spiro atoms. The summed E-state index contributed by atoms with van der Waals surface area (Å²) >= 11 is 0. The quantitative estimate of drug-likeness (QED) is 0.647. The zero-order valence-corrected chi connectivity index (χ0v) is 11.6. The normalized spacial score (nSPS) is 10.3. The van der Waals surface area contributed by atoms with E-state index in [-0.39, 0.29) is 0 Å². The lowest BCUT2D eigenvalue weighted by molar-refractivity contribution is 0.0527. The highest BCUT2D eigenvalue weighted by Gasteiger charge is 2.13. The number of hydrogen-bond acceptors (Lipinski definition) is 5. The first-order valence-corrected chi connectivity index (χ1v) is 6.46. The van der Waals surface area contributed by atoms with Crippen molar-refractivity contribution in [2.75, 3.05) is 17.7 Å². The number of nitrogens with one attached hydrogen (secondary N) is 1. The summed E-state index contributed by atoms with van der Waals surface area (Å²) in [5.74, 6) is 1.25. The van der Waals surface area contributed by atoms with Gasteiger partial charge in [-0.3, -0.25) is 0 Å². The number of carbonyl (C=O) groups is 1. The highest BCUT2D eigenvalue weighted by molar-refractivity contribution is 5.98. The van der Waals surface area contributed by atoms with Crippen LogP contribution in [-0.2, 0) is 11.3 Å². The lowest BCUT2D eigenvalue weighted by Crippen LogP contribution is -2.10. The number of nitrogen functional groups attached to an aromatic ring is 1. The third kappa shape index (κ3) is 3.12. The van der Waals surface area contributed by atoms with E-state index in [1.807, 2.05) is 25.1 Å². The fourth-order valence-electron chi connectivity index (χ4n) is 1.87. The topological polar surface area (TPSA) is 77.5 Å². The Kier molecular flexibility index (Phi) is 4.30. The molecule has 20 heavy (non-hydrogen) atoms. The van der Waals surface area contributed by atoms with Crippen LogP contribution in [0.5, 0.6) is 0 Å². The van der Waals surface area contributed by atoms with Gasteiger partial charge in [0.1, 0.15) is 11.5 Å². The first-order valence-electron chi connectivity index (χ1n) is 6.46. The molecule has 0 fully saturated rings. The average Bonchev–Trinajstić information content (AvgIpc) is 2.83. The van der Waals surface area contributed by atoms with E-state index in [4.69, 9.17) is 14.9 Å². The molecule has 0 radical (unpaired) electrons. The molecule has 0 aliphatic rings. The Labute approximate surface area is 117 Å². The second-order valence-corrected chi connectivity index (χ2v) is 4.35. The van der Waals surface area contributed by atoms with Gasteiger partial charge in [0.2, 0.25) is 0 Å². The molecule has 0 aliphatic heterocycles. The minimum Gasteiger partial charge on any atom is -0.465 e. The van der Waals surface area contributed by atoms with Gasteiger partial charge in [0.25, 0.3) is 0 Å². The van der Waals surface area contributed by atoms with Gasteiger partial charge in [0.15, 0.2) is 0 Å². The summed E-state index contributed by atoms with van der Waals surface area (Å²) in [4.78, 5) is 11.7. The van der Waals surface area contributed by atoms with Crippen molar-refractivity contribution in [3.05, 3.63) is 47.4 Å². The van der Waals surface area contributed by atoms with E-state index in [0.717, 1.165) is 11.5 Å². The summed E-state index contributed by atoms with van der Waals surface area (Å²) in [6.45, 7) is 4.47. The summed E-state index contributed by atoms with van der Waals surface area (Å²) < 4.78 is 10.4. The number of furan rings is 1. The number of ether oxygens (including phenoxy) is 1. The smallest absolute Gasteiger partial charge is 0.340 e. The van der Waals surface area contributed by atoms with E-state index < -0.39 is 5.97 Å². The number of nitrogens with two attached hydrogens (primary N) is 1. The molecule has 0 aliphatic carbocycles. The second-order valence-electron chi connectivity index (χ2n) is 4.35. The van der Waals surface area contributed by atoms with Crippen LogP contribution in [0.1, 0.15) is 28.8 Å². The van der Waals surface area contributed by atoms with Crippen LogP contribution in [0.2, 0.25) is 0 Å². The van der Waals surface area contributed by atoms with Gasteiger partial charge in [-0.25, -0.2) is 4.79 Å². The lowest BCUT2D eigenvalue weighted by atomic mass is 10.1. The number of carbonyl (C=O) groups excluding carboxylic acids is 1. The van der Waals surface area contributed by atoms with Crippen LogP contribution >= 0.6 is 0 Å². The van der Waals surface area contributed by atoms with Crippen molar-refractivity contribution >= 4 is 17.3 Å². The number of esters is 1. The summed E-state index contributed by atoms with van der Waals surface area (Å²) in [6, 6.07) is 9.02. The summed E-state index contributed by atoms with van der Waals surface area (Å²) in [7, 11) is 0. The van der Waals surface area contributed by atoms with E-state index in [9.17, 15) is 4.79 Å². The predicted octanol–water partition coefficient (Wildman–Crippen LogP) is 2.96. The van der Waals surface area contributed by atoms with Crippen molar-refractivity contribution in [1.82, 2.24) is 0 Å². The first-order chi connectivity index (χ1) is 9.61. The molecule has 5 nitrogen and oxygen atoms in total. The fourth-order valence-corrected chi connectivity index (χ4v) is 1.87.